The second kappa shape index (κ2) is 6.52. The molecule has 0 fully saturated rings. The number of amides is 1. The van der Waals surface area contributed by atoms with E-state index >= 15 is 0 Å². The van der Waals surface area contributed by atoms with Gasteiger partial charge in [0.1, 0.15) is 5.82 Å². The minimum atomic E-state index is -0.401. The number of rotatable bonds is 6. The number of carbonyl (C=O) groups is 1. The van der Waals surface area contributed by atoms with Gasteiger partial charge in [-0.3, -0.25) is 4.79 Å². The van der Waals surface area contributed by atoms with Gasteiger partial charge in [0.15, 0.2) is 0 Å². The number of nitrogens with one attached hydrogen (secondary N) is 2. The van der Waals surface area contributed by atoms with Crippen molar-refractivity contribution in [2.24, 2.45) is 0 Å². The fourth-order valence-corrected chi connectivity index (χ4v) is 1.85. The average Bonchev–Trinajstić information content (AvgIpc) is 2.27. The SMILES string of the molecule is CCNc1cc(C(=O)NC(C)(C)COC)cc(C)n1. The van der Waals surface area contributed by atoms with Crippen LogP contribution in [0.2, 0.25) is 0 Å². The van der Waals surface area contributed by atoms with Gasteiger partial charge in [0.2, 0.25) is 0 Å². The van der Waals surface area contributed by atoms with Gasteiger partial charge in [0.05, 0.1) is 12.1 Å². The molecule has 0 bridgehead atoms. The van der Waals surface area contributed by atoms with E-state index in [1.54, 1.807) is 19.2 Å². The molecule has 0 saturated heterocycles. The molecule has 1 aromatic rings. The third kappa shape index (κ3) is 4.87. The molecule has 0 atom stereocenters. The van der Waals surface area contributed by atoms with Crippen molar-refractivity contribution in [3.05, 3.63) is 23.4 Å². The van der Waals surface area contributed by atoms with Gasteiger partial charge in [-0.05, 0) is 39.8 Å². The van der Waals surface area contributed by atoms with Crippen LogP contribution >= 0.6 is 0 Å². The topological polar surface area (TPSA) is 63.2 Å². The van der Waals surface area contributed by atoms with Crippen LogP contribution in [-0.4, -0.2) is 36.7 Å². The van der Waals surface area contributed by atoms with E-state index in [-0.39, 0.29) is 5.91 Å². The largest absolute Gasteiger partial charge is 0.382 e. The Bertz CT molecular complexity index is 444. The first-order valence-corrected chi connectivity index (χ1v) is 6.42. The molecule has 1 rings (SSSR count). The van der Waals surface area contributed by atoms with Gasteiger partial charge in [-0.25, -0.2) is 4.98 Å². The number of methoxy groups -OCH3 is 1. The van der Waals surface area contributed by atoms with Crippen molar-refractivity contribution in [2.75, 3.05) is 25.6 Å². The zero-order valence-corrected chi connectivity index (χ0v) is 12.3. The Morgan fingerprint density at radius 2 is 2.11 bits per heavy atom. The minimum Gasteiger partial charge on any atom is -0.382 e. The van der Waals surface area contributed by atoms with Crippen molar-refractivity contribution in [1.29, 1.82) is 0 Å². The number of aryl methyl sites for hydroxylation is 1. The zero-order valence-electron chi connectivity index (χ0n) is 12.3. The minimum absolute atomic E-state index is 0.119. The molecular formula is C14H23N3O2. The summed E-state index contributed by atoms with van der Waals surface area (Å²) in [6.45, 7) is 8.94. The van der Waals surface area contributed by atoms with Crippen LogP contribution in [0.4, 0.5) is 5.82 Å². The summed E-state index contributed by atoms with van der Waals surface area (Å²) >= 11 is 0. The molecule has 0 saturated carbocycles. The van der Waals surface area contributed by atoms with Crippen LogP contribution in [0, 0.1) is 6.92 Å². The Morgan fingerprint density at radius 1 is 1.42 bits per heavy atom. The summed E-state index contributed by atoms with van der Waals surface area (Å²) in [5.41, 5.74) is 1.02. The van der Waals surface area contributed by atoms with Crippen LogP contribution in [0.25, 0.3) is 0 Å². The van der Waals surface area contributed by atoms with Crippen LogP contribution in [0.3, 0.4) is 0 Å². The molecular weight excluding hydrogens is 242 g/mol. The van der Waals surface area contributed by atoms with Gasteiger partial charge in [0, 0.05) is 24.9 Å². The lowest BCUT2D eigenvalue weighted by atomic mass is 10.1. The molecule has 0 unspecified atom stereocenters. The molecule has 0 aromatic carbocycles. The van der Waals surface area contributed by atoms with Crippen LogP contribution in [0.5, 0.6) is 0 Å². The maximum absolute atomic E-state index is 12.2. The highest BCUT2D eigenvalue weighted by molar-refractivity contribution is 5.95. The number of hydrogen-bond donors (Lipinski definition) is 2. The summed E-state index contributed by atoms with van der Waals surface area (Å²) in [5.74, 6) is 0.601. The number of hydrogen-bond acceptors (Lipinski definition) is 4. The van der Waals surface area contributed by atoms with Crippen LogP contribution in [0.1, 0.15) is 36.8 Å². The fourth-order valence-electron chi connectivity index (χ4n) is 1.85. The summed E-state index contributed by atoms with van der Waals surface area (Å²) in [6.07, 6.45) is 0. The number of nitrogens with zero attached hydrogens (tertiary/aromatic N) is 1. The standard InChI is InChI=1S/C14H23N3O2/c1-6-15-12-8-11(7-10(2)16-12)13(18)17-14(3,4)9-19-5/h7-8H,6,9H2,1-5H3,(H,15,16)(H,17,18). The summed E-state index contributed by atoms with van der Waals surface area (Å²) in [5, 5.41) is 6.07. The predicted octanol–water partition coefficient (Wildman–Crippen LogP) is 1.98. The Labute approximate surface area is 114 Å². The van der Waals surface area contributed by atoms with E-state index in [1.807, 2.05) is 27.7 Å². The molecule has 0 aliphatic heterocycles. The van der Waals surface area contributed by atoms with Crippen molar-refractivity contribution in [2.45, 2.75) is 33.2 Å². The molecule has 5 heteroatoms. The van der Waals surface area contributed by atoms with E-state index in [0.717, 1.165) is 18.1 Å². The van der Waals surface area contributed by atoms with Crippen molar-refractivity contribution in [3.63, 3.8) is 0 Å². The lowest BCUT2D eigenvalue weighted by Gasteiger charge is -2.25. The van der Waals surface area contributed by atoms with E-state index in [1.165, 1.54) is 0 Å². The molecule has 1 aromatic heterocycles. The van der Waals surface area contributed by atoms with Crippen LogP contribution in [0.15, 0.2) is 12.1 Å². The predicted molar refractivity (Wildman–Crippen MR) is 76.6 cm³/mol. The maximum atomic E-state index is 12.2. The van der Waals surface area contributed by atoms with Crippen molar-refractivity contribution >= 4 is 11.7 Å². The lowest BCUT2D eigenvalue weighted by Crippen LogP contribution is -2.46. The first kappa shape index (κ1) is 15.4. The molecule has 19 heavy (non-hydrogen) atoms. The Morgan fingerprint density at radius 3 is 2.68 bits per heavy atom. The Hall–Kier alpha value is -1.62. The number of anilines is 1. The highest BCUT2D eigenvalue weighted by atomic mass is 16.5. The molecule has 0 spiro atoms. The molecule has 0 aliphatic carbocycles. The third-order valence-corrected chi connectivity index (χ3v) is 2.53. The van der Waals surface area contributed by atoms with E-state index in [0.29, 0.717) is 12.2 Å². The lowest BCUT2D eigenvalue weighted by molar-refractivity contribution is 0.0820. The van der Waals surface area contributed by atoms with Crippen molar-refractivity contribution in [3.8, 4) is 0 Å². The molecule has 0 radical (unpaired) electrons. The number of carbonyl (C=O) groups excluding carboxylic acids is 1. The second-order valence-corrected chi connectivity index (χ2v) is 5.18. The van der Waals surface area contributed by atoms with Gasteiger partial charge in [-0.1, -0.05) is 0 Å². The molecule has 5 nitrogen and oxygen atoms in total. The first-order valence-electron chi connectivity index (χ1n) is 6.42. The fraction of sp³-hybridized carbons (Fsp3) is 0.571. The molecule has 1 heterocycles. The van der Waals surface area contributed by atoms with Gasteiger partial charge < -0.3 is 15.4 Å². The average molecular weight is 265 g/mol. The normalized spacial score (nSPS) is 11.2. The van der Waals surface area contributed by atoms with Crippen molar-refractivity contribution in [1.82, 2.24) is 10.3 Å². The smallest absolute Gasteiger partial charge is 0.251 e. The zero-order chi connectivity index (χ0) is 14.5. The highest BCUT2D eigenvalue weighted by Crippen LogP contribution is 2.12. The van der Waals surface area contributed by atoms with Gasteiger partial charge in [-0.2, -0.15) is 0 Å². The van der Waals surface area contributed by atoms with Crippen molar-refractivity contribution < 1.29 is 9.53 Å². The second-order valence-electron chi connectivity index (χ2n) is 5.18. The maximum Gasteiger partial charge on any atom is 0.251 e. The van der Waals surface area contributed by atoms with E-state index < -0.39 is 5.54 Å². The third-order valence-electron chi connectivity index (χ3n) is 2.53. The summed E-state index contributed by atoms with van der Waals surface area (Å²) in [6, 6.07) is 3.54. The van der Waals surface area contributed by atoms with E-state index in [4.69, 9.17) is 4.74 Å². The van der Waals surface area contributed by atoms with Gasteiger partial charge in [0.25, 0.3) is 5.91 Å². The quantitative estimate of drug-likeness (QED) is 0.825. The Kier molecular flexibility index (Phi) is 5.30. The first-order chi connectivity index (χ1) is 8.88. The number of pyridine rings is 1. The van der Waals surface area contributed by atoms with Gasteiger partial charge >= 0.3 is 0 Å². The highest BCUT2D eigenvalue weighted by Gasteiger charge is 2.21. The summed E-state index contributed by atoms with van der Waals surface area (Å²) in [4.78, 5) is 16.5. The van der Waals surface area contributed by atoms with Crippen LogP contribution in [-0.2, 0) is 4.74 Å². The monoisotopic (exact) mass is 265 g/mol. The van der Waals surface area contributed by atoms with E-state index in [9.17, 15) is 4.79 Å². The molecule has 1 amide bonds. The summed E-state index contributed by atoms with van der Waals surface area (Å²) < 4.78 is 5.09. The number of aromatic nitrogens is 1. The summed E-state index contributed by atoms with van der Waals surface area (Å²) in [7, 11) is 1.62. The van der Waals surface area contributed by atoms with E-state index in [2.05, 4.69) is 15.6 Å². The molecule has 106 valence electrons. The van der Waals surface area contributed by atoms with Crippen LogP contribution < -0.4 is 10.6 Å². The van der Waals surface area contributed by atoms with Gasteiger partial charge in [-0.15, -0.1) is 0 Å². The Balaban J connectivity index is 2.87. The molecule has 2 N–H and O–H groups in total. The number of ether oxygens (including phenoxy) is 1. The molecule has 0 aliphatic rings.